The third-order valence-electron chi connectivity index (χ3n) is 4.67. The molecular formula is C20H26N6. The molecule has 1 aromatic carbocycles. The molecule has 1 saturated heterocycles. The molecule has 3 rings (SSSR count). The summed E-state index contributed by atoms with van der Waals surface area (Å²) in [6.45, 7) is 5.87. The molecule has 26 heavy (non-hydrogen) atoms. The minimum Gasteiger partial charge on any atom is -0.355 e. The summed E-state index contributed by atoms with van der Waals surface area (Å²) < 4.78 is 0. The molecule has 1 aliphatic heterocycles. The summed E-state index contributed by atoms with van der Waals surface area (Å²) in [6.07, 6.45) is 4.08. The van der Waals surface area contributed by atoms with Crippen LogP contribution >= 0.6 is 0 Å². The Morgan fingerprint density at radius 2 is 2.19 bits per heavy atom. The quantitative estimate of drug-likeness (QED) is 0.860. The number of hydrogen-bond donors (Lipinski definition) is 2. The van der Waals surface area contributed by atoms with E-state index in [0.717, 1.165) is 61.5 Å². The molecule has 0 amide bonds. The van der Waals surface area contributed by atoms with Gasteiger partial charge in [0.25, 0.3) is 0 Å². The second-order valence-electron chi connectivity index (χ2n) is 6.91. The molecule has 1 aliphatic rings. The van der Waals surface area contributed by atoms with Crippen LogP contribution < -0.4 is 16.0 Å². The normalized spacial score (nSPS) is 17.0. The van der Waals surface area contributed by atoms with E-state index in [1.54, 1.807) is 0 Å². The highest BCUT2D eigenvalue weighted by molar-refractivity contribution is 5.59. The summed E-state index contributed by atoms with van der Waals surface area (Å²) in [6, 6.07) is 10.2. The topological polar surface area (TPSA) is 90.9 Å². The van der Waals surface area contributed by atoms with E-state index < -0.39 is 0 Å². The summed E-state index contributed by atoms with van der Waals surface area (Å²) >= 11 is 0. The van der Waals surface area contributed by atoms with Crippen molar-refractivity contribution in [1.82, 2.24) is 9.97 Å². The Bertz CT molecular complexity index is 810. The molecule has 0 bridgehead atoms. The van der Waals surface area contributed by atoms with Crippen LogP contribution in [0, 0.1) is 18.3 Å². The maximum atomic E-state index is 9.23. The van der Waals surface area contributed by atoms with E-state index in [1.807, 2.05) is 25.1 Å². The zero-order valence-corrected chi connectivity index (χ0v) is 15.5. The van der Waals surface area contributed by atoms with Crippen LogP contribution in [-0.4, -0.2) is 29.1 Å². The standard InChI is InChI=1S/C20H26N6/c1-3-5-17-11-19(26-9-4-6-16(22)13-26)25-20(23-17)24-18-8-7-14(2)15(10-18)12-21/h7-8,10-11,16H,3-6,9,13,22H2,1-2H3,(H,23,24,25)/t16-/m1/s1. The predicted molar refractivity (Wildman–Crippen MR) is 105 cm³/mol. The van der Waals surface area contributed by atoms with E-state index in [0.29, 0.717) is 11.5 Å². The first-order chi connectivity index (χ1) is 12.6. The molecule has 6 heteroatoms. The molecule has 2 heterocycles. The summed E-state index contributed by atoms with van der Waals surface area (Å²) in [5.41, 5.74) is 9.59. The van der Waals surface area contributed by atoms with Crippen molar-refractivity contribution in [2.24, 2.45) is 5.73 Å². The van der Waals surface area contributed by atoms with Gasteiger partial charge in [-0.15, -0.1) is 0 Å². The van der Waals surface area contributed by atoms with Gasteiger partial charge in [0, 0.05) is 36.6 Å². The average Bonchev–Trinajstić information content (AvgIpc) is 2.63. The van der Waals surface area contributed by atoms with Gasteiger partial charge < -0.3 is 16.0 Å². The molecule has 1 fully saturated rings. The first-order valence-electron chi connectivity index (χ1n) is 9.25. The maximum Gasteiger partial charge on any atom is 0.229 e. The summed E-state index contributed by atoms with van der Waals surface area (Å²) in [7, 11) is 0. The number of benzene rings is 1. The maximum absolute atomic E-state index is 9.23. The first kappa shape index (κ1) is 18.2. The SMILES string of the molecule is CCCc1cc(N2CCC[C@@H](N)C2)nc(Nc2ccc(C)c(C#N)c2)n1. The fourth-order valence-electron chi connectivity index (χ4n) is 3.25. The molecule has 3 N–H and O–H groups in total. The Morgan fingerprint density at radius 3 is 2.92 bits per heavy atom. The van der Waals surface area contributed by atoms with Gasteiger partial charge in [-0.3, -0.25) is 0 Å². The van der Waals surface area contributed by atoms with Gasteiger partial charge in [-0.25, -0.2) is 4.98 Å². The lowest BCUT2D eigenvalue weighted by atomic mass is 10.1. The Morgan fingerprint density at radius 1 is 1.35 bits per heavy atom. The monoisotopic (exact) mass is 350 g/mol. The fourth-order valence-corrected chi connectivity index (χ4v) is 3.25. The average molecular weight is 350 g/mol. The molecule has 6 nitrogen and oxygen atoms in total. The number of nitrogens with two attached hydrogens (primary N) is 1. The van der Waals surface area contributed by atoms with Crippen molar-refractivity contribution in [2.45, 2.75) is 45.6 Å². The molecule has 0 spiro atoms. The van der Waals surface area contributed by atoms with Gasteiger partial charge >= 0.3 is 0 Å². The second kappa shape index (κ2) is 8.15. The number of nitriles is 1. The highest BCUT2D eigenvalue weighted by Crippen LogP contribution is 2.23. The van der Waals surface area contributed by atoms with Gasteiger partial charge in [0.1, 0.15) is 5.82 Å². The van der Waals surface area contributed by atoms with E-state index in [4.69, 9.17) is 10.7 Å². The van der Waals surface area contributed by atoms with E-state index in [1.165, 1.54) is 0 Å². The molecule has 2 aromatic rings. The second-order valence-corrected chi connectivity index (χ2v) is 6.91. The minimum atomic E-state index is 0.194. The largest absolute Gasteiger partial charge is 0.355 e. The molecule has 136 valence electrons. The Hall–Kier alpha value is -2.65. The van der Waals surface area contributed by atoms with Gasteiger partial charge in [0.15, 0.2) is 0 Å². The van der Waals surface area contributed by atoms with E-state index in [9.17, 15) is 5.26 Å². The highest BCUT2D eigenvalue weighted by Gasteiger charge is 2.19. The molecule has 1 atom stereocenters. The van der Waals surface area contributed by atoms with Crippen molar-refractivity contribution in [1.29, 1.82) is 5.26 Å². The number of aryl methyl sites for hydroxylation is 2. The smallest absolute Gasteiger partial charge is 0.229 e. The molecule has 1 aromatic heterocycles. The third kappa shape index (κ3) is 4.30. The van der Waals surface area contributed by atoms with Gasteiger partial charge in [-0.1, -0.05) is 19.4 Å². The van der Waals surface area contributed by atoms with Gasteiger partial charge in [0.05, 0.1) is 11.6 Å². The number of nitrogens with zero attached hydrogens (tertiary/aromatic N) is 4. The van der Waals surface area contributed by atoms with Crippen molar-refractivity contribution in [3.8, 4) is 6.07 Å². The third-order valence-corrected chi connectivity index (χ3v) is 4.67. The van der Waals surface area contributed by atoms with Crippen molar-refractivity contribution >= 4 is 17.5 Å². The lowest BCUT2D eigenvalue weighted by Crippen LogP contribution is -2.43. The first-order valence-corrected chi connectivity index (χ1v) is 9.25. The van der Waals surface area contributed by atoms with Gasteiger partial charge in [-0.2, -0.15) is 10.2 Å². The summed E-state index contributed by atoms with van der Waals surface area (Å²) in [4.78, 5) is 11.6. The molecule has 0 unspecified atom stereocenters. The van der Waals surface area contributed by atoms with E-state index in [2.05, 4.69) is 34.3 Å². The zero-order chi connectivity index (χ0) is 18.5. The summed E-state index contributed by atoms with van der Waals surface area (Å²) in [5.74, 6) is 1.49. The number of nitrogens with one attached hydrogen (secondary N) is 1. The molecule has 0 saturated carbocycles. The van der Waals surface area contributed by atoms with Crippen LogP contribution in [-0.2, 0) is 6.42 Å². The van der Waals surface area contributed by atoms with Gasteiger partial charge in [-0.05, 0) is 43.9 Å². The summed E-state index contributed by atoms with van der Waals surface area (Å²) in [5, 5.41) is 12.5. The number of anilines is 3. The number of rotatable bonds is 5. The van der Waals surface area contributed by atoms with Crippen LogP contribution in [0.5, 0.6) is 0 Å². The Kier molecular flexibility index (Phi) is 5.69. The van der Waals surface area contributed by atoms with Crippen LogP contribution in [0.2, 0.25) is 0 Å². The van der Waals surface area contributed by atoms with Crippen LogP contribution in [0.3, 0.4) is 0 Å². The molecule has 0 aliphatic carbocycles. The highest BCUT2D eigenvalue weighted by atomic mass is 15.2. The fraction of sp³-hybridized carbons (Fsp3) is 0.450. The van der Waals surface area contributed by atoms with Crippen molar-refractivity contribution in [2.75, 3.05) is 23.3 Å². The van der Waals surface area contributed by atoms with Crippen molar-refractivity contribution in [3.05, 3.63) is 41.1 Å². The Balaban J connectivity index is 1.89. The predicted octanol–water partition coefficient (Wildman–Crippen LogP) is 3.28. The number of aromatic nitrogens is 2. The van der Waals surface area contributed by atoms with Crippen LogP contribution in [0.1, 0.15) is 43.0 Å². The van der Waals surface area contributed by atoms with Crippen molar-refractivity contribution < 1.29 is 0 Å². The molecule has 0 radical (unpaired) electrons. The number of piperidine rings is 1. The zero-order valence-electron chi connectivity index (χ0n) is 15.5. The van der Waals surface area contributed by atoms with Gasteiger partial charge in [0.2, 0.25) is 5.95 Å². The van der Waals surface area contributed by atoms with E-state index >= 15 is 0 Å². The van der Waals surface area contributed by atoms with E-state index in [-0.39, 0.29) is 6.04 Å². The Labute approximate surface area is 155 Å². The molecular weight excluding hydrogens is 324 g/mol. The van der Waals surface area contributed by atoms with Crippen LogP contribution in [0.25, 0.3) is 0 Å². The lowest BCUT2D eigenvalue weighted by Gasteiger charge is -2.32. The lowest BCUT2D eigenvalue weighted by molar-refractivity contribution is 0.503. The van der Waals surface area contributed by atoms with Crippen LogP contribution in [0.15, 0.2) is 24.3 Å². The van der Waals surface area contributed by atoms with Crippen molar-refractivity contribution in [3.63, 3.8) is 0 Å². The van der Waals surface area contributed by atoms with Crippen LogP contribution in [0.4, 0.5) is 17.5 Å². The number of hydrogen-bond acceptors (Lipinski definition) is 6. The minimum absolute atomic E-state index is 0.194.